The van der Waals surface area contributed by atoms with E-state index in [9.17, 15) is 9.59 Å². The summed E-state index contributed by atoms with van der Waals surface area (Å²) in [6, 6.07) is 8.58. The molecule has 10 heterocycles. The van der Waals surface area contributed by atoms with Crippen molar-refractivity contribution in [3.63, 3.8) is 0 Å². The highest BCUT2D eigenvalue weighted by atomic mass is 16.2. The number of piperazine rings is 2. The molecule has 4 atom stereocenters. The number of aromatic amines is 2. The van der Waals surface area contributed by atoms with Gasteiger partial charge in [0.25, 0.3) is 11.8 Å². The number of H-pyrrole nitrogens is 2. The first-order valence-electron chi connectivity index (χ1n) is 16.0. The zero-order valence-corrected chi connectivity index (χ0v) is 25.8. The third kappa shape index (κ3) is 4.68. The summed E-state index contributed by atoms with van der Waals surface area (Å²) in [7, 11) is 0. The summed E-state index contributed by atoms with van der Waals surface area (Å²) in [5, 5.41) is 2.06. The molecule has 4 aliphatic heterocycles. The molecule has 6 aromatic heterocycles. The van der Waals surface area contributed by atoms with Crippen LogP contribution in [0.15, 0.2) is 80.3 Å². The van der Waals surface area contributed by atoms with Crippen LogP contribution in [0.25, 0.3) is 22.1 Å². The molecule has 4 aliphatic rings. The highest BCUT2D eigenvalue weighted by Gasteiger charge is 2.47. The van der Waals surface area contributed by atoms with E-state index in [1.165, 1.54) is 6.20 Å². The highest BCUT2D eigenvalue weighted by Crippen LogP contribution is 2.38. The first kappa shape index (κ1) is 28.3. The summed E-state index contributed by atoms with van der Waals surface area (Å²) in [4.78, 5) is 69.7. The van der Waals surface area contributed by atoms with Crippen molar-refractivity contribution >= 4 is 45.5 Å². The molecular weight excluding hydrogens is 610 g/mol. The molecule has 48 heavy (non-hydrogen) atoms. The number of hydrogen-bond donors (Lipinski definition) is 2. The second kappa shape index (κ2) is 11.4. The Morgan fingerprint density at radius 2 is 1.19 bits per heavy atom. The molecule has 15 heteroatoms. The first-order chi connectivity index (χ1) is 23.6. The van der Waals surface area contributed by atoms with Crippen LogP contribution in [0.1, 0.15) is 33.7 Å². The molecule has 4 unspecified atom stereocenters. The Balaban J connectivity index is 0.000000131. The zero-order chi connectivity index (χ0) is 32.2. The van der Waals surface area contributed by atoms with Gasteiger partial charge in [0.2, 0.25) is 0 Å². The number of nitrogens with zero attached hydrogens (tertiary/aromatic N) is 11. The topological polar surface area (TPSA) is 169 Å². The molecule has 2 amide bonds. The van der Waals surface area contributed by atoms with Crippen molar-refractivity contribution in [2.75, 3.05) is 36.0 Å². The van der Waals surface area contributed by atoms with E-state index in [0.717, 1.165) is 66.2 Å². The summed E-state index contributed by atoms with van der Waals surface area (Å²) >= 11 is 0. The van der Waals surface area contributed by atoms with E-state index in [-0.39, 0.29) is 29.9 Å². The van der Waals surface area contributed by atoms with Gasteiger partial charge in [-0.05, 0) is 37.1 Å². The fourth-order valence-corrected chi connectivity index (χ4v) is 7.74. The lowest BCUT2D eigenvalue weighted by Crippen LogP contribution is -2.49. The van der Waals surface area contributed by atoms with E-state index >= 15 is 0 Å². The molecule has 10 rings (SSSR count). The Kier molecular flexibility index (Phi) is 6.69. The van der Waals surface area contributed by atoms with Crippen LogP contribution in [0, 0.1) is 0 Å². The van der Waals surface area contributed by atoms with Gasteiger partial charge in [0.05, 0.1) is 41.1 Å². The maximum absolute atomic E-state index is 12.7. The van der Waals surface area contributed by atoms with Crippen molar-refractivity contribution in [1.29, 1.82) is 0 Å². The molecule has 0 spiro atoms. The number of nitrogens with one attached hydrogen (secondary N) is 2. The van der Waals surface area contributed by atoms with Crippen molar-refractivity contribution in [3.05, 3.63) is 91.6 Å². The number of carbonyl (C=O) groups is 2. The standard InChI is InChI=1S/C17H16N6O.C16H15N7O/c24-17(11-1-4-18-5-2-11)23-9-12-7-13(23)8-22(12)16-14-3-6-19-15(14)20-10-21-16;24-16(13-6-17-3-4-18-13)23-8-10-5-11(23)7-22(10)15-12-1-2-19-14(12)20-9-21-15/h1-6,10,12-13H,7-9H2,(H,19,20,21);1-4,6,9-11H,5,7-8H2,(H,19,20,21). The summed E-state index contributed by atoms with van der Waals surface area (Å²) in [6.07, 6.45) is 16.9. The van der Waals surface area contributed by atoms with Gasteiger partial charge in [-0.3, -0.25) is 19.6 Å². The Morgan fingerprint density at radius 3 is 1.71 bits per heavy atom. The van der Waals surface area contributed by atoms with Crippen LogP contribution in [-0.2, 0) is 0 Å². The van der Waals surface area contributed by atoms with E-state index in [0.29, 0.717) is 23.8 Å². The van der Waals surface area contributed by atoms with Crippen molar-refractivity contribution in [3.8, 4) is 0 Å². The molecule has 6 aromatic rings. The van der Waals surface area contributed by atoms with E-state index < -0.39 is 0 Å². The van der Waals surface area contributed by atoms with Gasteiger partial charge in [-0.25, -0.2) is 24.9 Å². The highest BCUT2D eigenvalue weighted by molar-refractivity contribution is 5.95. The van der Waals surface area contributed by atoms with Gasteiger partial charge in [-0.15, -0.1) is 0 Å². The maximum atomic E-state index is 12.7. The van der Waals surface area contributed by atoms with Crippen LogP contribution in [0.2, 0.25) is 0 Å². The van der Waals surface area contributed by atoms with Gasteiger partial charge in [0.15, 0.2) is 0 Å². The van der Waals surface area contributed by atoms with Gasteiger partial charge < -0.3 is 29.6 Å². The Bertz CT molecular complexity index is 1970. The number of fused-ring (bicyclic) bond motifs is 6. The van der Waals surface area contributed by atoms with E-state index in [2.05, 4.69) is 54.7 Å². The predicted molar refractivity (Wildman–Crippen MR) is 175 cm³/mol. The van der Waals surface area contributed by atoms with Crippen LogP contribution < -0.4 is 9.80 Å². The largest absolute Gasteiger partial charge is 0.349 e. The lowest BCUT2D eigenvalue weighted by molar-refractivity contribution is 0.0714. The summed E-state index contributed by atoms with van der Waals surface area (Å²) < 4.78 is 0. The first-order valence-corrected chi connectivity index (χ1v) is 16.0. The molecular formula is C33H31N13O2. The molecule has 4 fully saturated rings. The number of likely N-dealkylation sites (tertiary alicyclic amines) is 2. The number of rotatable bonds is 4. The second-order valence-electron chi connectivity index (χ2n) is 12.5. The van der Waals surface area contributed by atoms with Gasteiger partial charge in [-0.2, -0.15) is 0 Å². The molecule has 0 aromatic carbocycles. The van der Waals surface area contributed by atoms with Crippen molar-refractivity contribution in [2.45, 2.75) is 37.0 Å². The Hall–Kier alpha value is -5.99. The van der Waals surface area contributed by atoms with E-state index in [1.54, 1.807) is 49.6 Å². The molecule has 15 nitrogen and oxygen atoms in total. The van der Waals surface area contributed by atoms with E-state index in [1.807, 2.05) is 34.3 Å². The lowest BCUT2D eigenvalue weighted by Gasteiger charge is -2.35. The predicted octanol–water partition coefficient (Wildman–Crippen LogP) is 2.31. The molecule has 240 valence electrons. The molecule has 0 aliphatic carbocycles. The third-order valence-electron chi connectivity index (χ3n) is 9.92. The third-order valence-corrected chi connectivity index (χ3v) is 9.92. The van der Waals surface area contributed by atoms with Crippen LogP contribution in [0.4, 0.5) is 11.6 Å². The monoisotopic (exact) mass is 641 g/mol. The molecule has 2 N–H and O–H groups in total. The number of hydrogen-bond acceptors (Lipinski definition) is 11. The Labute approximate surface area is 274 Å². The molecule has 0 radical (unpaired) electrons. The second-order valence-corrected chi connectivity index (χ2v) is 12.5. The molecule has 4 bridgehead atoms. The summed E-state index contributed by atoms with van der Waals surface area (Å²) in [5.74, 6) is 1.97. The van der Waals surface area contributed by atoms with Crippen LogP contribution >= 0.6 is 0 Å². The van der Waals surface area contributed by atoms with Gasteiger partial charge in [0.1, 0.15) is 41.3 Å². The van der Waals surface area contributed by atoms with Gasteiger partial charge in [0, 0.05) is 68.9 Å². The quantitative estimate of drug-likeness (QED) is 0.290. The van der Waals surface area contributed by atoms with E-state index in [4.69, 9.17) is 0 Å². The minimum Gasteiger partial charge on any atom is -0.349 e. The van der Waals surface area contributed by atoms with Crippen molar-refractivity contribution in [2.24, 2.45) is 0 Å². The molecule has 0 saturated carbocycles. The molecule has 4 saturated heterocycles. The minimum absolute atomic E-state index is 0.0373. The van der Waals surface area contributed by atoms with Crippen LogP contribution in [0.5, 0.6) is 0 Å². The normalized spacial score (nSPS) is 22.5. The number of carbonyl (C=O) groups excluding carboxylic acids is 2. The summed E-state index contributed by atoms with van der Waals surface area (Å²) in [6.45, 7) is 3.03. The minimum atomic E-state index is -0.0373. The Morgan fingerprint density at radius 1 is 0.604 bits per heavy atom. The smallest absolute Gasteiger partial charge is 0.274 e. The number of anilines is 2. The average molecular weight is 642 g/mol. The maximum Gasteiger partial charge on any atom is 0.274 e. The number of amides is 2. The lowest BCUT2D eigenvalue weighted by atomic mass is 10.2. The van der Waals surface area contributed by atoms with Crippen LogP contribution in [0.3, 0.4) is 0 Å². The van der Waals surface area contributed by atoms with Gasteiger partial charge in [-0.1, -0.05) is 0 Å². The zero-order valence-electron chi connectivity index (χ0n) is 25.8. The van der Waals surface area contributed by atoms with Gasteiger partial charge >= 0.3 is 0 Å². The van der Waals surface area contributed by atoms with Crippen molar-refractivity contribution < 1.29 is 9.59 Å². The van der Waals surface area contributed by atoms with Crippen molar-refractivity contribution in [1.82, 2.24) is 54.7 Å². The summed E-state index contributed by atoms with van der Waals surface area (Å²) in [5.41, 5.74) is 2.81. The average Bonchev–Trinajstić information content (AvgIpc) is 4.00. The fraction of sp³-hybridized carbons (Fsp3) is 0.303. The number of pyridine rings is 1. The fourth-order valence-electron chi connectivity index (χ4n) is 7.74. The number of aromatic nitrogens is 9. The SMILES string of the molecule is O=C(c1ccncc1)N1CC2CC1CN2c1ncnc2[nH]ccc12.O=C(c1cnccn1)N1CC2CC1CN2c1ncnc2[nH]ccc12. The van der Waals surface area contributed by atoms with Crippen LogP contribution in [-0.4, -0.2) is 117 Å².